The van der Waals surface area contributed by atoms with Crippen molar-refractivity contribution in [3.05, 3.63) is 35.5 Å². The summed E-state index contributed by atoms with van der Waals surface area (Å²) in [5.41, 5.74) is 2.43. The molecule has 0 radical (unpaired) electrons. The first-order valence-corrected chi connectivity index (χ1v) is 15.2. The molecule has 1 aromatic carbocycles. The van der Waals surface area contributed by atoms with Gasteiger partial charge >= 0.3 is 0 Å². The average Bonchev–Trinajstić information content (AvgIpc) is 2.84. The van der Waals surface area contributed by atoms with Crippen molar-refractivity contribution >= 4 is 28.9 Å². The van der Waals surface area contributed by atoms with Gasteiger partial charge in [-0.15, -0.1) is 4.72 Å². The monoisotopic (exact) mass is 546 g/mol. The second-order valence-electron chi connectivity index (χ2n) is 11.7. The number of thioether (sulfide) groups is 1. The van der Waals surface area contributed by atoms with Gasteiger partial charge in [0.1, 0.15) is 22.6 Å². The molecule has 1 unspecified atom stereocenters. The molecule has 3 aliphatic rings. The molecule has 0 aliphatic carbocycles. The Hall–Kier alpha value is -1.56. The summed E-state index contributed by atoms with van der Waals surface area (Å²) in [6.45, 7) is 15.3. The van der Waals surface area contributed by atoms with Crippen LogP contribution < -0.4 is 14.4 Å². The van der Waals surface area contributed by atoms with Gasteiger partial charge < -0.3 is 23.7 Å². The van der Waals surface area contributed by atoms with E-state index in [1.807, 2.05) is 20.8 Å². The molecule has 3 atom stereocenters. The van der Waals surface area contributed by atoms with Gasteiger partial charge in [-0.2, -0.15) is 11.8 Å². The van der Waals surface area contributed by atoms with Crippen molar-refractivity contribution in [2.75, 3.05) is 44.2 Å². The fourth-order valence-electron chi connectivity index (χ4n) is 4.82. The molecule has 0 saturated carbocycles. The fourth-order valence-corrected chi connectivity index (χ4v) is 6.05. The zero-order valence-corrected chi connectivity index (χ0v) is 24.4. The first kappa shape index (κ1) is 27.0. The van der Waals surface area contributed by atoms with Gasteiger partial charge in [0.05, 0.1) is 43.3 Å². The van der Waals surface area contributed by atoms with Gasteiger partial charge in [-0.05, 0) is 53.4 Å². The van der Waals surface area contributed by atoms with Crippen molar-refractivity contribution in [3.63, 3.8) is 0 Å². The number of nitrogens with one attached hydrogen (secondary N) is 1. The summed E-state index contributed by atoms with van der Waals surface area (Å²) in [5, 5.41) is 0. The summed E-state index contributed by atoms with van der Waals surface area (Å²) < 4.78 is 33.2. The van der Waals surface area contributed by atoms with Crippen molar-refractivity contribution < 1.29 is 18.8 Å². The van der Waals surface area contributed by atoms with E-state index >= 15 is 0 Å². The van der Waals surface area contributed by atoms with Gasteiger partial charge in [-0.3, -0.25) is 0 Å². The molecule has 8 nitrogen and oxygen atoms in total. The minimum absolute atomic E-state index is 0.139. The van der Waals surface area contributed by atoms with Crippen molar-refractivity contribution in [2.45, 2.75) is 68.7 Å². The van der Waals surface area contributed by atoms with Crippen LogP contribution in [0.3, 0.4) is 0 Å². The number of hydrogen-bond acceptors (Lipinski definition) is 9. The minimum Gasteiger partial charge on any atom is -0.598 e. The molecule has 0 spiro atoms. The van der Waals surface area contributed by atoms with Crippen LogP contribution in [0.15, 0.2) is 24.3 Å². The Balaban J connectivity index is 1.53. The van der Waals surface area contributed by atoms with Crippen LogP contribution in [0.2, 0.25) is 0 Å². The second-order valence-corrected chi connectivity index (χ2v) is 15.1. The van der Waals surface area contributed by atoms with Crippen LogP contribution in [-0.2, 0) is 31.1 Å². The van der Waals surface area contributed by atoms with Crippen LogP contribution in [0.1, 0.15) is 52.8 Å². The Kier molecular flexibility index (Phi) is 7.21. The van der Waals surface area contributed by atoms with Crippen molar-refractivity contribution in [1.82, 2.24) is 14.7 Å². The fraction of sp³-hybridized carbons (Fsp3) is 0.630. The molecule has 10 heteroatoms. The maximum atomic E-state index is 12.9. The van der Waals surface area contributed by atoms with E-state index in [1.54, 1.807) is 11.8 Å². The summed E-state index contributed by atoms with van der Waals surface area (Å²) in [6, 6.07) is 8.59. The lowest BCUT2D eigenvalue weighted by atomic mass is 9.88. The van der Waals surface area contributed by atoms with Crippen molar-refractivity contribution in [3.8, 4) is 17.1 Å². The number of ether oxygens (including phenoxy) is 3. The minimum atomic E-state index is -1.21. The van der Waals surface area contributed by atoms with E-state index in [-0.39, 0.29) is 21.6 Å². The normalized spacial score (nSPS) is 23.9. The number of benzene rings is 1. The Bertz CT molecular complexity index is 1130. The van der Waals surface area contributed by atoms with E-state index in [2.05, 4.69) is 60.9 Å². The van der Waals surface area contributed by atoms with Crippen LogP contribution in [0, 0.1) is 0 Å². The first-order chi connectivity index (χ1) is 17.4. The predicted octanol–water partition coefficient (Wildman–Crippen LogP) is 4.01. The number of fused-ring (bicyclic) bond motifs is 3. The van der Waals surface area contributed by atoms with E-state index in [1.165, 1.54) is 0 Å². The lowest BCUT2D eigenvalue weighted by Gasteiger charge is -2.45. The maximum absolute atomic E-state index is 12.9. The van der Waals surface area contributed by atoms with Crippen LogP contribution in [0.25, 0.3) is 11.4 Å². The Morgan fingerprint density at radius 1 is 1.05 bits per heavy atom. The zero-order valence-electron chi connectivity index (χ0n) is 22.8. The van der Waals surface area contributed by atoms with Crippen LogP contribution >= 0.6 is 11.8 Å². The SMILES string of the molecule is CSC(C)(C)c1nc(-c2ccc(C3(N[S+]([O-])C(C)(C)C)COC3)cc2)nc2c1OC[C@@H]1COC[C@@H](C)N21. The van der Waals surface area contributed by atoms with E-state index in [0.29, 0.717) is 38.9 Å². The van der Waals surface area contributed by atoms with E-state index in [4.69, 9.17) is 24.2 Å². The molecule has 2 saturated heterocycles. The highest BCUT2D eigenvalue weighted by Crippen LogP contribution is 2.46. The summed E-state index contributed by atoms with van der Waals surface area (Å²) >= 11 is 0.539. The number of nitrogens with zero attached hydrogens (tertiary/aromatic N) is 3. The molecule has 5 rings (SSSR count). The Morgan fingerprint density at radius 2 is 1.76 bits per heavy atom. The molecule has 3 aliphatic heterocycles. The molecular weight excluding hydrogens is 508 g/mol. The smallest absolute Gasteiger partial charge is 0.184 e. The van der Waals surface area contributed by atoms with Crippen LogP contribution in [-0.4, -0.2) is 70.6 Å². The molecule has 1 aromatic heterocycles. The molecule has 4 heterocycles. The highest BCUT2D eigenvalue weighted by atomic mass is 32.2. The number of aromatic nitrogens is 2. The first-order valence-electron chi connectivity index (χ1n) is 12.8. The number of rotatable bonds is 6. The molecule has 2 aromatic rings. The van der Waals surface area contributed by atoms with Gasteiger partial charge in [0, 0.05) is 16.9 Å². The van der Waals surface area contributed by atoms with Crippen molar-refractivity contribution in [2.24, 2.45) is 0 Å². The summed E-state index contributed by atoms with van der Waals surface area (Å²) in [6.07, 6.45) is 2.10. The van der Waals surface area contributed by atoms with Gasteiger partial charge in [-0.1, -0.05) is 24.3 Å². The molecule has 0 bridgehead atoms. The molecule has 37 heavy (non-hydrogen) atoms. The summed E-state index contributed by atoms with van der Waals surface area (Å²) in [5.74, 6) is 2.31. The van der Waals surface area contributed by atoms with Gasteiger partial charge in [-0.25, -0.2) is 9.97 Å². The van der Waals surface area contributed by atoms with Crippen LogP contribution in [0.4, 0.5) is 5.82 Å². The van der Waals surface area contributed by atoms with E-state index in [0.717, 1.165) is 28.4 Å². The van der Waals surface area contributed by atoms with Gasteiger partial charge in [0.25, 0.3) is 0 Å². The molecule has 1 N–H and O–H groups in total. The number of hydrogen-bond donors (Lipinski definition) is 1. The average molecular weight is 547 g/mol. The molecule has 2 fully saturated rings. The zero-order chi connectivity index (χ0) is 26.6. The summed E-state index contributed by atoms with van der Waals surface area (Å²) in [4.78, 5) is 12.5. The molecular formula is C27H38N4O4S2. The third kappa shape index (κ3) is 4.96. The van der Waals surface area contributed by atoms with E-state index in [9.17, 15) is 4.55 Å². The largest absolute Gasteiger partial charge is 0.598 e. The Morgan fingerprint density at radius 3 is 2.35 bits per heavy atom. The second kappa shape index (κ2) is 9.88. The van der Waals surface area contributed by atoms with Gasteiger partial charge in [0.2, 0.25) is 0 Å². The maximum Gasteiger partial charge on any atom is 0.184 e. The quantitative estimate of drug-likeness (QED) is 0.540. The lowest BCUT2D eigenvalue weighted by molar-refractivity contribution is -0.0666. The molecule has 202 valence electrons. The summed E-state index contributed by atoms with van der Waals surface area (Å²) in [7, 11) is 0. The van der Waals surface area contributed by atoms with Crippen LogP contribution in [0.5, 0.6) is 5.75 Å². The topological polar surface area (TPSA) is 91.8 Å². The third-order valence-corrected chi connectivity index (χ3v) is 10.3. The Labute approximate surface area is 227 Å². The van der Waals surface area contributed by atoms with E-state index < -0.39 is 16.9 Å². The molecule has 0 amide bonds. The third-order valence-electron chi connectivity index (χ3n) is 7.37. The van der Waals surface area contributed by atoms with Gasteiger partial charge in [0.15, 0.2) is 17.4 Å². The number of morpholine rings is 1. The lowest BCUT2D eigenvalue weighted by Crippen LogP contribution is -2.61. The highest BCUT2D eigenvalue weighted by Gasteiger charge is 2.47. The standard InChI is InChI=1S/C27H38N4O4S2/c1-17-12-33-13-20-14-35-21-22(26(5,6)36-7)28-23(29-24(21)31(17)20)18-8-10-19(11-9-18)27(15-34-16-27)30-37(32)25(2,3)4/h8-11,17,20,30H,12-16H2,1-7H3/t17-,20+,37?/m1/s1. The number of anilines is 1. The predicted molar refractivity (Wildman–Crippen MR) is 150 cm³/mol. The highest BCUT2D eigenvalue weighted by molar-refractivity contribution is 7.99. The van der Waals surface area contributed by atoms with Crippen molar-refractivity contribution in [1.29, 1.82) is 0 Å².